The summed E-state index contributed by atoms with van der Waals surface area (Å²) in [6.45, 7) is 4.76. The third kappa shape index (κ3) is 3.68. The number of hydrogen-bond donors (Lipinski definition) is 1. The maximum absolute atomic E-state index is 11.5. The Bertz CT molecular complexity index is 250. The topological polar surface area (TPSA) is 58.6 Å². The quantitative estimate of drug-likeness (QED) is 0.675. The van der Waals surface area contributed by atoms with Crippen molar-refractivity contribution in [2.24, 2.45) is 0 Å². The van der Waals surface area contributed by atoms with Gasteiger partial charge in [0.15, 0.2) is 0 Å². The highest BCUT2D eigenvalue weighted by Gasteiger charge is 2.26. The van der Waals surface area contributed by atoms with Crippen molar-refractivity contribution in [1.82, 2.24) is 10.2 Å². The molecular weight excluding hydrogens is 220 g/mol. The minimum Gasteiger partial charge on any atom is -0.372 e. The molecule has 6 heteroatoms. The molecule has 0 aromatic heterocycles. The Balaban J connectivity index is 2.48. The van der Waals surface area contributed by atoms with E-state index in [2.05, 4.69) is 5.32 Å². The number of nitrogens with zero attached hydrogens (tertiary/aromatic N) is 1. The lowest BCUT2D eigenvalue weighted by Crippen LogP contribution is -2.52. The zero-order chi connectivity index (χ0) is 11.4. The summed E-state index contributed by atoms with van der Waals surface area (Å²) in [7, 11) is 0. The summed E-state index contributed by atoms with van der Waals surface area (Å²) in [5.74, 6) is -0.685. The predicted molar refractivity (Wildman–Crippen MR) is 55.8 cm³/mol. The zero-order valence-electron chi connectivity index (χ0n) is 8.83. The van der Waals surface area contributed by atoms with Gasteiger partial charge < -0.3 is 9.64 Å². The number of nitrogens with one attached hydrogen (secondary N) is 1. The van der Waals surface area contributed by atoms with Crippen LogP contribution < -0.4 is 5.32 Å². The number of rotatable bonds is 1. The van der Waals surface area contributed by atoms with Crippen LogP contribution in [0.1, 0.15) is 13.8 Å². The van der Waals surface area contributed by atoms with Gasteiger partial charge in [0.25, 0.3) is 0 Å². The third-order valence-corrected chi connectivity index (χ3v) is 2.32. The number of imide groups is 1. The molecule has 86 valence electrons. The molecule has 0 aliphatic carbocycles. The number of halogens is 1. The molecule has 1 N–H and O–H groups in total. The van der Waals surface area contributed by atoms with Gasteiger partial charge in [-0.3, -0.25) is 10.1 Å². The number of carbonyl (C=O) groups excluding carboxylic acids is 2. The van der Waals surface area contributed by atoms with Crippen LogP contribution >= 0.6 is 11.6 Å². The lowest BCUT2D eigenvalue weighted by Gasteiger charge is -2.34. The second kappa shape index (κ2) is 5.32. The van der Waals surface area contributed by atoms with Crippen LogP contribution in [-0.2, 0) is 9.53 Å². The zero-order valence-corrected chi connectivity index (χ0v) is 9.58. The molecule has 1 rings (SSSR count). The fourth-order valence-electron chi connectivity index (χ4n) is 1.58. The Morgan fingerprint density at radius 2 is 1.93 bits per heavy atom. The van der Waals surface area contributed by atoms with E-state index in [9.17, 15) is 9.59 Å². The predicted octanol–water partition coefficient (Wildman–Crippen LogP) is 0.571. The molecule has 1 fully saturated rings. The average Bonchev–Trinajstić information content (AvgIpc) is 2.16. The van der Waals surface area contributed by atoms with E-state index in [-0.39, 0.29) is 18.1 Å². The third-order valence-electron chi connectivity index (χ3n) is 2.07. The first-order chi connectivity index (χ1) is 7.02. The first-order valence-electron chi connectivity index (χ1n) is 4.83. The van der Waals surface area contributed by atoms with Gasteiger partial charge in [0.05, 0.1) is 12.2 Å². The van der Waals surface area contributed by atoms with Gasteiger partial charge in [-0.1, -0.05) is 0 Å². The minimum absolute atomic E-state index is 0.00870. The van der Waals surface area contributed by atoms with Crippen LogP contribution in [0.25, 0.3) is 0 Å². The van der Waals surface area contributed by atoms with E-state index in [1.165, 1.54) is 0 Å². The molecule has 0 unspecified atom stereocenters. The van der Waals surface area contributed by atoms with Crippen LogP contribution in [0.5, 0.6) is 0 Å². The Hall–Kier alpha value is -0.810. The Labute approximate surface area is 93.7 Å². The van der Waals surface area contributed by atoms with E-state index >= 15 is 0 Å². The van der Waals surface area contributed by atoms with E-state index in [0.717, 1.165) is 0 Å². The molecule has 1 saturated heterocycles. The van der Waals surface area contributed by atoms with E-state index in [1.807, 2.05) is 13.8 Å². The minimum atomic E-state index is -0.478. The van der Waals surface area contributed by atoms with Crippen molar-refractivity contribution in [3.8, 4) is 0 Å². The van der Waals surface area contributed by atoms with Crippen molar-refractivity contribution >= 4 is 23.5 Å². The standard InChI is InChI=1S/C9H15ClN2O3/c1-6-4-12(5-7(2)15-6)9(14)11-8(13)3-10/h6-7H,3-5H2,1-2H3,(H,11,13,14)/t6-,7+. The van der Waals surface area contributed by atoms with Gasteiger partial charge in [-0.05, 0) is 13.8 Å². The molecule has 0 spiro atoms. The van der Waals surface area contributed by atoms with Crippen molar-refractivity contribution in [2.75, 3.05) is 19.0 Å². The molecule has 1 heterocycles. The van der Waals surface area contributed by atoms with Gasteiger partial charge in [-0.2, -0.15) is 0 Å². The maximum atomic E-state index is 11.5. The molecule has 0 bridgehead atoms. The van der Waals surface area contributed by atoms with Crippen LogP contribution in [0.15, 0.2) is 0 Å². The lowest BCUT2D eigenvalue weighted by molar-refractivity contribution is -0.118. The van der Waals surface area contributed by atoms with E-state index in [1.54, 1.807) is 4.90 Å². The summed E-state index contributed by atoms with van der Waals surface area (Å²) in [5, 5.41) is 2.20. The summed E-state index contributed by atoms with van der Waals surface area (Å²) in [6.07, 6.45) is -0.0174. The molecule has 2 atom stereocenters. The molecule has 0 saturated carbocycles. The Morgan fingerprint density at radius 1 is 1.40 bits per heavy atom. The normalized spacial score (nSPS) is 26.2. The summed E-state index contributed by atoms with van der Waals surface area (Å²) in [5.41, 5.74) is 0. The summed E-state index contributed by atoms with van der Waals surface area (Å²) >= 11 is 5.28. The molecular formula is C9H15ClN2O3. The number of carbonyl (C=O) groups is 2. The van der Waals surface area contributed by atoms with E-state index in [0.29, 0.717) is 13.1 Å². The van der Waals surface area contributed by atoms with Gasteiger partial charge in [0.1, 0.15) is 5.88 Å². The fourth-order valence-corrected chi connectivity index (χ4v) is 1.64. The molecule has 3 amide bonds. The lowest BCUT2D eigenvalue weighted by atomic mass is 10.2. The van der Waals surface area contributed by atoms with Crippen molar-refractivity contribution in [3.63, 3.8) is 0 Å². The Kier molecular flexibility index (Phi) is 4.35. The van der Waals surface area contributed by atoms with E-state index < -0.39 is 11.9 Å². The SMILES string of the molecule is C[C@@H]1CN(C(=O)NC(=O)CCl)C[C@H](C)O1. The van der Waals surface area contributed by atoms with Crippen molar-refractivity contribution < 1.29 is 14.3 Å². The molecule has 15 heavy (non-hydrogen) atoms. The van der Waals surface area contributed by atoms with Gasteiger partial charge >= 0.3 is 6.03 Å². The maximum Gasteiger partial charge on any atom is 0.324 e. The van der Waals surface area contributed by atoms with Gasteiger partial charge in [0.2, 0.25) is 5.91 Å². The largest absolute Gasteiger partial charge is 0.372 e. The first-order valence-corrected chi connectivity index (χ1v) is 5.36. The molecule has 5 nitrogen and oxygen atoms in total. The second-order valence-corrected chi connectivity index (χ2v) is 3.92. The number of morpholine rings is 1. The number of alkyl halides is 1. The van der Waals surface area contributed by atoms with Gasteiger partial charge in [0, 0.05) is 13.1 Å². The highest BCUT2D eigenvalue weighted by molar-refractivity contribution is 6.28. The molecule has 1 aliphatic heterocycles. The summed E-state index contributed by atoms with van der Waals surface area (Å²) < 4.78 is 5.47. The van der Waals surface area contributed by atoms with Crippen LogP contribution in [0, 0.1) is 0 Å². The van der Waals surface area contributed by atoms with Crippen LogP contribution in [0.4, 0.5) is 4.79 Å². The number of amides is 3. The van der Waals surface area contributed by atoms with Crippen molar-refractivity contribution in [2.45, 2.75) is 26.1 Å². The van der Waals surface area contributed by atoms with Crippen molar-refractivity contribution in [3.05, 3.63) is 0 Å². The van der Waals surface area contributed by atoms with E-state index in [4.69, 9.17) is 16.3 Å². The summed E-state index contributed by atoms with van der Waals surface area (Å²) in [6, 6.07) is -0.400. The highest BCUT2D eigenvalue weighted by Crippen LogP contribution is 2.10. The number of hydrogen-bond acceptors (Lipinski definition) is 3. The van der Waals surface area contributed by atoms with Gasteiger partial charge in [-0.15, -0.1) is 11.6 Å². The van der Waals surface area contributed by atoms with Crippen LogP contribution in [-0.4, -0.2) is 48.0 Å². The number of urea groups is 1. The van der Waals surface area contributed by atoms with Crippen molar-refractivity contribution in [1.29, 1.82) is 0 Å². The van der Waals surface area contributed by atoms with Crippen LogP contribution in [0.3, 0.4) is 0 Å². The molecule has 0 aromatic carbocycles. The monoisotopic (exact) mass is 234 g/mol. The smallest absolute Gasteiger partial charge is 0.324 e. The average molecular weight is 235 g/mol. The number of ether oxygens (including phenoxy) is 1. The first kappa shape index (κ1) is 12.3. The molecule has 0 aromatic rings. The molecule has 0 radical (unpaired) electrons. The highest BCUT2D eigenvalue weighted by atomic mass is 35.5. The fraction of sp³-hybridized carbons (Fsp3) is 0.778. The summed E-state index contributed by atoms with van der Waals surface area (Å²) in [4.78, 5) is 24.0. The van der Waals surface area contributed by atoms with Gasteiger partial charge in [-0.25, -0.2) is 4.79 Å². The Morgan fingerprint density at radius 3 is 2.40 bits per heavy atom. The molecule has 1 aliphatic rings. The van der Waals surface area contributed by atoms with Crippen LogP contribution in [0.2, 0.25) is 0 Å². The second-order valence-electron chi connectivity index (χ2n) is 3.65.